The Morgan fingerprint density at radius 3 is 2.70 bits per heavy atom. The third-order valence-electron chi connectivity index (χ3n) is 3.07. The van der Waals surface area contributed by atoms with Crippen molar-refractivity contribution in [3.63, 3.8) is 0 Å². The lowest BCUT2D eigenvalue weighted by molar-refractivity contribution is 0.194. The topological polar surface area (TPSA) is 42.4 Å². The summed E-state index contributed by atoms with van der Waals surface area (Å²) in [6.07, 6.45) is -0.112. The summed E-state index contributed by atoms with van der Waals surface area (Å²) in [5, 5.41) is 9.72. The fourth-order valence-electron chi connectivity index (χ4n) is 2.02. The number of pyridine rings is 1. The first-order valence-electron chi connectivity index (χ1n) is 6.63. The second-order valence-electron chi connectivity index (χ2n) is 4.69. The molecule has 1 aromatic heterocycles. The van der Waals surface area contributed by atoms with Crippen molar-refractivity contribution in [2.24, 2.45) is 0 Å². The van der Waals surface area contributed by atoms with Gasteiger partial charge in [0, 0.05) is 11.3 Å². The number of hydrogen-bond acceptors (Lipinski definition) is 3. The molecule has 0 saturated heterocycles. The number of rotatable bonds is 4. The van der Waals surface area contributed by atoms with Crippen molar-refractivity contribution >= 4 is 0 Å². The van der Waals surface area contributed by atoms with Crippen LogP contribution in [-0.2, 0) is 6.42 Å². The molecular weight excluding hydrogens is 257 g/mol. The van der Waals surface area contributed by atoms with Gasteiger partial charge in [0.25, 0.3) is 0 Å². The van der Waals surface area contributed by atoms with Gasteiger partial charge in [-0.05, 0) is 38.5 Å². The van der Waals surface area contributed by atoms with Crippen LogP contribution in [0.5, 0.6) is 11.5 Å². The molecule has 106 valence electrons. The molecule has 20 heavy (non-hydrogen) atoms. The molecule has 0 bridgehead atoms. The number of para-hydroxylation sites is 1. The molecule has 1 atom stereocenters. The third kappa shape index (κ3) is 2.96. The van der Waals surface area contributed by atoms with Gasteiger partial charge in [-0.2, -0.15) is 0 Å². The smallest absolute Gasteiger partial charge is 0.168 e. The van der Waals surface area contributed by atoms with Crippen LogP contribution in [0.1, 0.15) is 36.9 Å². The summed E-state index contributed by atoms with van der Waals surface area (Å²) >= 11 is 0. The summed E-state index contributed by atoms with van der Waals surface area (Å²) in [5.41, 5.74) is 2.08. The SMILES string of the molecule is CCc1nc(C)ccc1Oc1c(F)cccc1C(C)O. The molecule has 2 aromatic rings. The molecule has 0 aliphatic rings. The van der Waals surface area contributed by atoms with Crippen LogP contribution in [0.4, 0.5) is 4.39 Å². The summed E-state index contributed by atoms with van der Waals surface area (Å²) < 4.78 is 19.6. The van der Waals surface area contributed by atoms with E-state index in [1.165, 1.54) is 6.07 Å². The van der Waals surface area contributed by atoms with Crippen molar-refractivity contribution in [3.05, 3.63) is 53.1 Å². The first-order chi connectivity index (χ1) is 9.52. The predicted octanol–water partition coefficient (Wildman–Crippen LogP) is 3.94. The maximum absolute atomic E-state index is 14.0. The Balaban J connectivity index is 2.45. The van der Waals surface area contributed by atoms with E-state index in [2.05, 4.69) is 4.98 Å². The second-order valence-corrected chi connectivity index (χ2v) is 4.69. The number of ether oxygens (including phenoxy) is 1. The highest BCUT2D eigenvalue weighted by atomic mass is 19.1. The average Bonchev–Trinajstić information content (AvgIpc) is 2.42. The van der Waals surface area contributed by atoms with Crippen LogP contribution in [0, 0.1) is 12.7 Å². The molecule has 0 spiro atoms. The average molecular weight is 275 g/mol. The van der Waals surface area contributed by atoms with E-state index in [1.807, 2.05) is 19.9 Å². The van der Waals surface area contributed by atoms with Crippen molar-refractivity contribution < 1.29 is 14.2 Å². The zero-order chi connectivity index (χ0) is 14.7. The van der Waals surface area contributed by atoms with E-state index in [-0.39, 0.29) is 5.75 Å². The molecule has 3 nitrogen and oxygen atoms in total. The van der Waals surface area contributed by atoms with Gasteiger partial charge in [-0.3, -0.25) is 4.98 Å². The second kappa shape index (κ2) is 6.01. The van der Waals surface area contributed by atoms with E-state index in [0.29, 0.717) is 17.7 Å². The molecule has 1 N–H and O–H groups in total. The lowest BCUT2D eigenvalue weighted by Gasteiger charge is -2.15. The quantitative estimate of drug-likeness (QED) is 0.919. The van der Waals surface area contributed by atoms with Gasteiger partial charge >= 0.3 is 0 Å². The van der Waals surface area contributed by atoms with Crippen molar-refractivity contribution in [1.29, 1.82) is 0 Å². The van der Waals surface area contributed by atoms with E-state index in [4.69, 9.17) is 4.74 Å². The van der Waals surface area contributed by atoms with Gasteiger partial charge in [-0.25, -0.2) is 4.39 Å². The molecule has 0 amide bonds. The molecule has 1 aromatic carbocycles. The third-order valence-corrected chi connectivity index (χ3v) is 3.07. The van der Waals surface area contributed by atoms with E-state index in [1.54, 1.807) is 25.1 Å². The number of halogens is 1. The van der Waals surface area contributed by atoms with Crippen molar-refractivity contribution in [2.75, 3.05) is 0 Å². The van der Waals surface area contributed by atoms with E-state index < -0.39 is 11.9 Å². The zero-order valence-electron chi connectivity index (χ0n) is 11.9. The lowest BCUT2D eigenvalue weighted by atomic mass is 10.1. The summed E-state index contributed by atoms with van der Waals surface area (Å²) in [6, 6.07) is 8.11. The highest BCUT2D eigenvalue weighted by molar-refractivity contribution is 5.41. The summed E-state index contributed by atoms with van der Waals surface area (Å²) in [4.78, 5) is 4.38. The Hall–Kier alpha value is -1.94. The molecule has 1 heterocycles. The van der Waals surface area contributed by atoms with Gasteiger partial charge in [-0.15, -0.1) is 0 Å². The van der Waals surface area contributed by atoms with Crippen LogP contribution < -0.4 is 4.74 Å². The number of aliphatic hydroxyl groups is 1. The van der Waals surface area contributed by atoms with Gasteiger partial charge in [0.15, 0.2) is 11.6 Å². The Bertz CT molecular complexity index is 611. The van der Waals surface area contributed by atoms with Crippen molar-refractivity contribution in [2.45, 2.75) is 33.3 Å². The highest BCUT2D eigenvalue weighted by Crippen LogP contribution is 2.33. The van der Waals surface area contributed by atoms with Crippen LogP contribution in [-0.4, -0.2) is 10.1 Å². The Morgan fingerprint density at radius 1 is 1.30 bits per heavy atom. The number of aromatic nitrogens is 1. The van der Waals surface area contributed by atoms with Gasteiger partial charge in [0.05, 0.1) is 11.8 Å². The summed E-state index contributed by atoms with van der Waals surface area (Å²) in [6.45, 7) is 5.44. The van der Waals surface area contributed by atoms with Crippen LogP contribution >= 0.6 is 0 Å². The van der Waals surface area contributed by atoms with Crippen molar-refractivity contribution in [1.82, 2.24) is 4.98 Å². The number of nitrogens with zero attached hydrogens (tertiary/aromatic N) is 1. The fraction of sp³-hybridized carbons (Fsp3) is 0.312. The lowest BCUT2D eigenvalue weighted by Crippen LogP contribution is -2.01. The summed E-state index contributed by atoms with van der Waals surface area (Å²) in [7, 11) is 0. The molecule has 0 aliphatic carbocycles. The Labute approximate surface area is 118 Å². The standard InChI is InChI=1S/C16H18FNO2/c1-4-14-15(9-8-10(2)18-14)20-16-12(11(3)19)6-5-7-13(16)17/h5-9,11,19H,4H2,1-3H3. The van der Waals surface area contributed by atoms with Crippen LogP contribution in [0.15, 0.2) is 30.3 Å². The molecular formula is C16H18FNO2. The number of aliphatic hydroxyl groups excluding tert-OH is 1. The molecule has 0 radical (unpaired) electrons. The summed E-state index contributed by atoms with van der Waals surface area (Å²) in [5.74, 6) is 0.0824. The Morgan fingerprint density at radius 2 is 2.05 bits per heavy atom. The highest BCUT2D eigenvalue weighted by Gasteiger charge is 2.16. The molecule has 1 unspecified atom stereocenters. The molecule has 0 aliphatic heterocycles. The maximum atomic E-state index is 14.0. The van der Waals surface area contributed by atoms with E-state index in [9.17, 15) is 9.50 Å². The molecule has 4 heteroatoms. The first kappa shape index (κ1) is 14.5. The minimum Gasteiger partial charge on any atom is -0.452 e. The predicted molar refractivity (Wildman–Crippen MR) is 75.5 cm³/mol. The number of aryl methyl sites for hydroxylation is 2. The first-order valence-corrected chi connectivity index (χ1v) is 6.63. The zero-order valence-corrected chi connectivity index (χ0v) is 11.9. The normalized spacial score (nSPS) is 12.2. The fourth-order valence-corrected chi connectivity index (χ4v) is 2.02. The molecule has 0 saturated carbocycles. The van der Waals surface area contributed by atoms with Crippen LogP contribution in [0.3, 0.4) is 0 Å². The minimum atomic E-state index is -0.802. The van der Waals surface area contributed by atoms with Gasteiger partial charge in [0.2, 0.25) is 0 Å². The van der Waals surface area contributed by atoms with Gasteiger partial charge in [-0.1, -0.05) is 19.1 Å². The van der Waals surface area contributed by atoms with Crippen LogP contribution in [0.2, 0.25) is 0 Å². The van der Waals surface area contributed by atoms with E-state index in [0.717, 1.165) is 11.4 Å². The maximum Gasteiger partial charge on any atom is 0.168 e. The Kier molecular flexibility index (Phi) is 4.35. The minimum absolute atomic E-state index is 0.0582. The number of hydrogen-bond donors (Lipinski definition) is 1. The molecule has 2 rings (SSSR count). The number of benzene rings is 1. The van der Waals surface area contributed by atoms with Gasteiger partial charge in [0.1, 0.15) is 5.75 Å². The monoisotopic (exact) mass is 275 g/mol. The largest absolute Gasteiger partial charge is 0.452 e. The van der Waals surface area contributed by atoms with Gasteiger partial charge < -0.3 is 9.84 Å². The molecule has 0 fully saturated rings. The van der Waals surface area contributed by atoms with Crippen LogP contribution in [0.25, 0.3) is 0 Å². The van der Waals surface area contributed by atoms with Crippen molar-refractivity contribution in [3.8, 4) is 11.5 Å². The van der Waals surface area contributed by atoms with E-state index >= 15 is 0 Å².